The van der Waals surface area contributed by atoms with Gasteiger partial charge in [0.1, 0.15) is 5.75 Å². The molecule has 4 heteroatoms. The fraction of sp³-hybridized carbons (Fsp3) is 0.650. The Bertz CT molecular complexity index is 588. The van der Waals surface area contributed by atoms with Crippen molar-refractivity contribution in [3.8, 4) is 0 Å². The molecule has 0 aromatic heterocycles. The zero-order chi connectivity index (χ0) is 17.3. The Morgan fingerprint density at radius 1 is 1.17 bits per heavy atom. The molecule has 1 amide bonds. The second-order valence-corrected chi connectivity index (χ2v) is 9.89. The van der Waals surface area contributed by atoms with Crippen molar-refractivity contribution in [2.24, 2.45) is 0 Å². The zero-order valence-corrected chi connectivity index (χ0v) is 15.9. The van der Waals surface area contributed by atoms with Gasteiger partial charge < -0.3 is 9.45 Å². The van der Waals surface area contributed by atoms with Crippen LogP contribution in [0, 0.1) is 0 Å². The topological polar surface area (TPSA) is 43.4 Å². The number of hydrogen-bond donors (Lipinski definition) is 0. The molecule has 2 atom stereocenters. The molecule has 24 heavy (non-hydrogen) atoms. The van der Waals surface area contributed by atoms with E-state index in [0.717, 1.165) is 38.8 Å². The van der Waals surface area contributed by atoms with Gasteiger partial charge in [-0.3, -0.25) is 4.79 Å². The third-order valence-electron chi connectivity index (χ3n) is 5.42. The highest BCUT2D eigenvalue weighted by atomic mass is 32.2. The minimum atomic E-state index is -0.944. The van der Waals surface area contributed by atoms with Crippen LogP contribution in [-0.4, -0.2) is 39.5 Å². The molecule has 2 heterocycles. The molecule has 2 unspecified atom stereocenters. The van der Waals surface area contributed by atoms with Crippen LogP contribution in [0.2, 0.25) is 0 Å². The summed E-state index contributed by atoms with van der Waals surface area (Å²) >= 11 is -0.944. The van der Waals surface area contributed by atoms with Crippen LogP contribution in [0.15, 0.2) is 24.3 Å². The monoisotopic (exact) mass is 347 g/mol. The molecule has 2 saturated heterocycles. The summed E-state index contributed by atoms with van der Waals surface area (Å²) in [5.74, 6) is 1.36. The lowest BCUT2D eigenvalue weighted by atomic mass is 9.77. The van der Waals surface area contributed by atoms with Crippen LogP contribution in [0.25, 0.3) is 0 Å². The van der Waals surface area contributed by atoms with Gasteiger partial charge in [-0.1, -0.05) is 45.0 Å². The van der Waals surface area contributed by atoms with Gasteiger partial charge in [-0.25, -0.2) is 0 Å². The number of nitrogens with zero attached hydrogens (tertiary/aromatic N) is 1. The molecule has 0 radical (unpaired) electrons. The summed E-state index contributed by atoms with van der Waals surface area (Å²) in [6.45, 7) is 8.39. The molecule has 0 aliphatic carbocycles. The van der Waals surface area contributed by atoms with Crippen molar-refractivity contribution >= 4 is 17.1 Å². The lowest BCUT2D eigenvalue weighted by Gasteiger charge is -2.35. The molecule has 1 aromatic carbocycles. The summed E-state index contributed by atoms with van der Waals surface area (Å²) in [5, 5.41) is -0.233. The predicted octanol–water partition coefficient (Wildman–Crippen LogP) is 3.60. The molecule has 0 saturated carbocycles. The summed E-state index contributed by atoms with van der Waals surface area (Å²) in [4.78, 5) is 14.6. The standard InChI is InChI=1S/C20H29NO2S/c1-20(2,3)17-8-5-4-7-16(17)15-10-12-21(13-11-15)19(22)18-9-6-14-24(18)23/h4-5,7-8,15,18H,6,9-14H2,1-3H3. The van der Waals surface area contributed by atoms with Crippen molar-refractivity contribution in [2.45, 2.75) is 63.0 Å². The number of piperidine rings is 1. The Kier molecular flexibility index (Phi) is 5.26. The zero-order valence-electron chi connectivity index (χ0n) is 15.1. The first-order valence-corrected chi connectivity index (χ1v) is 10.5. The Morgan fingerprint density at radius 2 is 1.83 bits per heavy atom. The normalized spacial score (nSPS) is 25.9. The maximum absolute atomic E-state index is 12.6. The van der Waals surface area contributed by atoms with E-state index < -0.39 is 11.2 Å². The maximum Gasteiger partial charge on any atom is 0.275 e. The van der Waals surface area contributed by atoms with E-state index >= 15 is 0 Å². The molecule has 0 bridgehead atoms. The van der Waals surface area contributed by atoms with Gasteiger partial charge in [-0.2, -0.15) is 0 Å². The molecule has 2 fully saturated rings. The Morgan fingerprint density at radius 3 is 2.42 bits per heavy atom. The highest BCUT2D eigenvalue weighted by Crippen LogP contribution is 2.36. The van der Waals surface area contributed by atoms with E-state index in [0.29, 0.717) is 11.7 Å². The van der Waals surface area contributed by atoms with Crippen LogP contribution < -0.4 is 0 Å². The molecule has 3 nitrogen and oxygen atoms in total. The molecular formula is C20H29NO2S. The van der Waals surface area contributed by atoms with Gasteiger partial charge in [0.05, 0.1) is 0 Å². The minimum absolute atomic E-state index is 0.133. The van der Waals surface area contributed by atoms with E-state index in [-0.39, 0.29) is 16.6 Å². The highest BCUT2D eigenvalue weighted by Gasteiger charge is 2.39. The van der Waals surface area contributed by atoms with Gasteiger partial charge in [-0.05, 0) is 52.9 Å². The average molecular weight is 348 g/mol. The number of amides is 1. The quantitative estimate of drug-likeness (QED) is 0.767. The summed E-state index contributed by atoms with van der Waals surface area (Å²) in [5.41, 5.74) is 3.01. The van der Waals surface area contributed by atoms with E-state index in [1.165, 1.54) is 11.1 Å². The number of carbonyl (C=O) groups excluding carboxylic acids is 1. The Balaban J connectivity index is 1.67. The van der Waals surface area contributed by atoms with Gasteiger partial charge in [-0.15, -0.1) is 0 Å². The van der Waals surface area contributed by atoms with Crippen molar-refractivity contribution in [3.05, 3.63) is 35.4 Å². The predicted molar refractivity (Wildman–Crippen MR) is 99.7 cm³/mol. The molecule has 0 spiro atoms. The number of hydrogen-bond acceptors (Lipinski definition) is 2. The molecule has 1 aromatic rings. The molecule has 2 aliphatic heterocycles. The van der Waals surface area contributed by atoms with Crippen LogP contribution in [-0.2, 0) is 21.4 Å². The number of likely N-dealkylation sites (tertiary alicyclic amines) is 1. The van der Waals surface area contributed by atoms with Crippen molar-refractivity contribution in [2.75, 3.05) is 18.8 Å². The third-order valence-corrected chi connectivity index (χ3v) is 7.18. The first-order chi connectivity index (χ1) is 11.4. The minimum Gasteiger partial charge on any atom is -0.616 e. The SMILES string of the molecule is CC(C)(C)c1ccccc1C1CCN(C(=O)C2CCC[S+]2[O-])CC1. The van der Waals surface area contributed by atoms with Gasteiger partial charge in [0.25, 0.3) is 5.91 Å². The maximum atomic E-state index is 12.6. The van der Waals surface area contributed by atoms with E-state index in [1.807, 2.05) is 4.90 Å². The van der Waals surface area contributed by atoms with Gasteiger partial charge >= 0.3 is 0 Å². The van der Waals surface area contributed by atoms with Gasteiger partial charge in [0.2, 0.25) is 0 Å². The van der Waals surface area contributed by atoms with Crippen molar-refractivity contribution < 1.29 is 9.35 Å². The van der Waals surface area contributed by atoms with E-state index in [9.17, 15) is 9.35 Å². The summed E-state index contributed by atoms with van der Waals surface area (Å²) < 4.78 is 12.0. The van der Waals surface area contributed by atoms with Crippen LogP contribution in [0.1, 0.15) is 63.5 Å². The number of benzene rings is 1. The number of carbonyl (C=O) groups is 1. The second kappa shape index (κ2) is 7.09. The van der Waals surface area contributed by atoms with Crippen LogP contribution in [0.5, 0.6) is 0 Å². The fourth-order valence-electron chi connectivity index (χ4n) is 4.07. The average Bonchev–Trinajstić information content (AvgIpc) is 2.99. The van der Waals surface area contributed by atoms with Gasteiger partial charge in [0, 0.05) is 19.5 Å². The fourth-order valence-corrected chi connectivity index (χ4v) is 5.61. The van der Waals surface area contributed by atoms with Crippen LogP contribution in [0.3, 0.4) is 0 Å². The van der Waals surface area contributed by atoms with Crippen molar-refractivity contribution in [1.82, 2.24) is 4.90 Å². The summed E-state index contributed by atoms with van der Waals surface area (Å²) in [6.07, 6.45) is 3.76. The van der Waals surface area contributed by atoms with Crippen molar-refractivity contribution in [3.63, 3.8) is 0 Å². The molecule has 3 rings (SSSR count). The molecule has 2 aliphatic rings. The van der Waals surface area contributed by atoms with E-state index in [2.05, 4.69) is 45.0 Å². The first kappa shape index (κ1) is 17.8. The lowest BCUT2D eigenvalue weighted by molar-refractivity contribution is -0.131. The largest absolute Gasteiger partial charge is 0.616 e. The van der Waals surface area contributed by atoms with E-state index in [1.54, 1.807) is 0 Å². The molecule has 132 valence electrons. The Hall–Kier alpha value is -1.000. The first-order valence-electron chi connectivity index (χ1n) is 9.13. The smallest absolute Gasteiger partial charge is 0.275 e. The summed E-state index contributed by atoms with van der Waals surface area (Å²) in [7, 11) is 0. The number of rotatable bonds is 2. The van der Waals surface area contributed by atoms with Crippen LogP contribution >= 0.6 is 0 Å². The second-order valence-electron chi connectivity index (χ2n) is 8.15. The van der Waals surface area contributed by atoms with Crippen LogP contribution in [0.4, 0.5) is 0 Å². The third kappa shape index (κ3) is 3.65. The lowest BCUT2D eigenvalue weighted by Crippen LogP contribution is -2.45. The highest BCUT2D eigenvalue weighted by molar-refractivity contribution is 7.93. The van der Waals surface area contributed by atoms with E-state index in [4.69, 9.17) is 0 Å². The van der Waals surface area contributed by atoms with Crippen molar-refractivity contribution in [1.29, 1.82) is 0 Å². The summed E-state index contributed by atoms with van der Waals surface area (Å²) in [6, 6.07) is 8.76. The van der Waals surface area contributed by atoms with Gasteiger partial charge in [0.15, 0.2) is 5.25 Å². The molecule has 0 N–H and O–H groups in total. The Labute approximate surface area is 149 Å². The molecular weight excluding hydrogens is 318 g/mol.